The maximum atomic E-state index is 11.5. The third-order valence-electron chi connectivity index (χ3n) is 6.16. The van der Waals surface area contributed by atoms with Crippen molar-refractivity contribution < 1.29 is 5.02 Å². The highest BCUT2D eigenvalue weighted by atomic mass is 16.2. The minimum Gasteiger partial charge on any atom is -0.443 e. The van der Waals surface area contributed by atoms with E-state index >= 15 is 0 Å². The Morgan fingerprint density at radius 1 is 0.710 bits per heavy atom. The van der Waals surface area contributed by atoms with E-state index in [9.17, 15) is 5.02 Å². The van der Waals surface area contributed by atoms with Crippen LogP contribution in [0.2, 0.25) is 0 Å². The first-order chi connectivity index (χ1) is 14.7. The predicted octanol–water partition coefficient (Wildman–Crippen LogP) is 6.46. The molecule has 0 heterocycles. The van der Waals surface area contributed by atoms with Crippen molar-refractivity contribution in [3.8, 4) is 11.1 Å². The van der Waals surface area contributed by atoms with Crippen LogP contribution in [0.5, 0.6) is 0 Å². The summed E-state index contributed by atoms with van der Waals surface area (Å²) in [4.78, 5) is 0. The molecule has 0 aromatic heterocycles. The van der Waals surface area contributed by atoms with Gasteiger partial charge in [0.1, 0.15) is 0 Å². The summed E-state index contributed by atoms with van der Waals surface area (Å²) in [5, 5.41) is 11.5. The summed E-state index contributed by atoms with van der Waals surface area (Å²) in [5.41, 5.74) is 9.31. The minimum atomic E-state index is -0.631. The summed E-state index contributed by atoms with van der Waals surface area (Å²) < 4.78 is 0. The summed E-state index contributed by atoms with van der Waals surface area (Å²) in [7, 11) is 0. The van der Waals surface area contributed by atoms with Crippen molar-refractivity contribution in [1.82, 2.24) is 0 Å². The molecular weight excluding hydrogens is 375 g/mol. The third kappa shape index (κ3) is 5.02. The molecule has 1 N–H and O–H groups in total. The maximum Gasteiger partial charge on any atom is 0.359 e. The van der Waals surface area contributed by atoms with Crippen LogP contribution >= 0.6 is 0 Å². The van der Waals surface area contributed by atoms with Crippen LogP contribution in [0.3, 0.4) is 0 Å². The van der Waals surface area contributed by atoms with Crippen molar-refractivity contribution in [2.24, 2.45) is 0 Å². The van der Waals surface area contributed by atoms with Gasteiger partial charge in [0, 0.05) is 0 Å². The molecule has 31 heavy (non-hydrogen) atoms. The van der Waals surface area contributed by atoms with Crippen molar-refractivity contribution in [2.45, 2.75) is 59.3 Å². The van der Waals surface area contributed by atoms with E-state index in [-0.39, 0.29) is 0 Å². The van der Waals surface area contributed by atoms with Gasteiger partial charge in [0.15, 0.2) is 0 Å². The zero-order valence-corrected chi connectivity index (χ0v) is 19.8. The van der Waals surface area contributed by atoms with Crippen LogP contribution in [0, 0.1) is 0 Å². The SMILES string of the molecule is C=Cc1ccc(-c2ccc(B(O)c3c(C(C)C)cc(C(C)C)cc3C(C)C)cc2)cc1. The van der Waals surface area contributed by atoms with Gasteiger partial charge in [0.25, 0.3) is 0 Å². The van der Waals surface area contributed by atoms with Gasteiger partial charge < -0.3 is 5.02 Å². The van der Waals surface area contributed by atoms with E-state index in [1.165, 1.54) is 22.3 Å². The van der Waals surface area contributed by atoms with Gasteiger partial charge in [0.05, 0.1) is 0 Å². The molecule has 0 fully saturated rings. The molecule has 0 bridgehead atoms. The average molecular weight is 410 g/mol. The fourth-order valence-corrected chi connectivity index (χ4v) is 4.16. The molecule has 1 nitrogen and oxygen atoms in total. The fraction of sp³-hybridized carbons (Fsp3) is 0.310. The second-order valence-electron chi connectivity index (χ2n) is 9.43. The van der Waals surface area contributed by atoms with Gasteiger partial charge in [-0.2, -0.15) is 0 Å². The van der Waals surface area contributed by atoms with Crippen LogP contribution in [0.15, 0.2) is 67.2 Å². The van der Waals surface area contributed by atoms with E-state index in [1.54, 1.807) is 0 Å². The second-order valence-corrected chi connectivity index (χ2v) is 9.43. The first-order valence-corrected chi connectivity index (χ1v) is 11.4. The van der Waals surface area contributed by atoms with Crippen molar-refractivity contribution in [3.63, 3.8) is 0 Å². The second kappa shape index (κ2) is 9.70. The van der Waals surface area contributed by atoms with E-state index in [0.717, 1.165) is 22.1 Å². The topological polar surface area (TPSA) is 20.2 Å². The first kappa shape index (κ1) is 23.1. The van der Waals surface area contributed by atoms with Crippen LogP contribution in [-0.2, 0) is 0 Å². The zero-order chi connectivity index (χ0) is 22.7. The number of rotatable bonds is 7. The Balaban J connectivity index is 2.03. The lowest BCUT2D eigenvalue weighted by Crippen LogP contribution is -2.46. The molecule has 0 aliphatic carbocycles. The van der Waals surface area contributed by atoms with Crippen LogP contribution in [0.4, 0.5) is 0 Å². The van der Waals surface area contributed by atoms with E-state index in [1.807, 2.05) is 6.08 Å². The molecular formula is C29H35BO. The molecule has 0 saturated heterocycles. The summed E-state index contributed by atoms with van der Waals surface area (Å²) in [5.74, 6) is 1.17. The predicted molar refractivity (Wildman–Crippen MR) is 138 cm³/mol. The smallest absolute Gasteiger partial charge is 0.359 e. The molecule has 3 aromatic rings. The highest BCUT2D eigenvalue weighted by Crippen LogP contribution is 2.26. The summed E-state index contributed by atoms with van der Waals surface area (Å²) in [6.07, 6.45) is 1.85. The highest BCUT2D eigenvalue weighted by molar-refractivity contribution is 6.79. The Bertz CT molecular complexity index is 998. The molecule has 3 aromatic carbocycles. The van der Waals surface area contributed by atoms with Gasteiger partial charge in [-0.25, -0.2) is 0 Å². The Kier molecular flexibility index (Phi) is 7.23. The normalized spacial score (nSPS) is 11.4. The maximum absolute atomic E-state index is 11.5. The summed E-state index contributed by atoms with van der Waals surface area (Å²) in [6.45, 7) is 16.5. The molecule has 0 aliphatic heterocycles. The quantitative estimate of drug-likeness (QED) is 0.443. The average Bonchev–Trinajstić information content (AvgIpc) is 2.77. The largest absolute Gasteiger partial charge is 0.443 e. The molecule has 3 rings (SSSR count). The Hall–Kier alpha value is -2.58. The summed E-state index contributed by atoms with van der Waals surface area (Å²) >= 11 is 0. The molecule has 0 saturated carbocycles. The van der Waals surface area contributed by atoms with Gasteiger partial charge in [0.2, 0.25) is 0 Å². The molecule has 0 spiro atoms. The van der Waals surface area contributed by atoms with Gasteiger partial charge in [-0.3, -0.25) is 0 Å². The van der Waals surface area contributed by atoms with E-state index in [2.05, 4.69) is 109 Å². The van der Waals surface area contributed by atoms with Crippen LogP contribution in [0.25, 0.3) is 17.2 Å². The van der Waals surface area contributed by atoms with Gasteiger partial charge in [-0.05, 0) is 62.1 Å². The highest BCUT2D eigenvalue weighted by Gasteiger charge is 2.27. The number of hydrogen-bond donors (Lipinski definition) is 1. The number of hydrogen-bond acceptors (Lipinski definition) is 1. The van der Waals surface area contributed by atoms with E-state index < -0.39 is 6.92 Å². The molecule has 0 radical (unpaired) electrons. The minimum absolute atomic E-state index is 0.350. The Morgan fingerprint density at radius 2 is 1.16 bits per heavy atom. The Labute approximate surface area is 189 Å². The zero-order valence-electron chi connectivity index (χ0n) is 19.8. The van der Waals surface area contributed by atoms with Crippen LogP contribution in [-0.4, -0.2) is 11.9 Å². The van der Waals surface area contributed by atoms with Crippen molar-refractivity contribution in [3.05, 3.63) is 89.5 Å². The van der Waals surface area contributed by atoms with Gasteiger partial charge >= 0.3 is 6.92 Å². The molecule has 0 aliphatic rings. The molecule has 0 unspecified atom stereocenters. The first-order valence-electron chi connectivity index (χ1n) is 11.4. The van der Waals surface area contributed by atoms with Crippen molar-refractivity contribution in [2.75, 3.05) is 0 Å². The van der Waals surface area contributed by atoms with E-state index in [4.69, 9.17) is 0 Å². The lowest BCUT2D eigenvalue weighted by Gasteiger charge is -2.25. The lowest BCUT2D eigenvalue weighted by molar-refractivity contribution is 0.598. The van der Waals surface area contributed by atoms with Gasteiger partial charge in [-0.15, -0.1) is 0 Å². The Morgan fingerprint density at radius 3 is 1.55 bits per heavy atom. The van der Waals surface area contributed by atoms with Crippen molar-refractivity contribution in [1.29, 1.82) is 0 Å². The number of benzene rings is 3. The molecule has 2 heteroatoms. The standard InChI is InChI=1S/C29H35BO/c1-8-22-9-11-23(12-10-22)24-13-15-26(16-14-24)30(31)29-27(20(4)5)17-25(19(2)3)18-28(29)21(6)7/h8-21,31H,1H2,2-7H3. The van der Waals surface area contributed by atoms with E-state index in [0.29, 0.717) is 17.8 Å². The third-order valence-corrected chi connectivity index (χ3v) is 6.16. The monoisotopic (exact) mass is 410 g/mol. The lowest BCUT2D eigenvalue weighted by atomic mass is 9.51. The van der Waals surface area contributed by atoms with Crippen LogP contribution < -0.4 is 10.9 Å². The fourth-order valence-electron chi connectivity index (χ4n) is 4.16. The van der Waals surface area contributed by atoms with Crippen molar-refractivity contribution >= 4 is 23.9 Å². The van der Waals surface area contributed by atoms with Gasteiger partial charge in [-0.1, -0.05) is 115 Å². The molecule has 0 atom stereocenters. The summed E-state index contributed by atoms with van der Waals surface area (Å²) in [6, 6.07) is 21.3. The van der Waals surface area contributed by atoms with Crippen LogP contribution in [0.1, 0.15) is 81.5 Å². The molecule has 160 valence electrons. The molecule has 0 amide bonds.